The molecule has 0 aromatic heterocycles. The molecule has 0 aliphatic rings. The predicted octanol–water partition coefficient (Wildman–Crippen LogP) is 2.17. The largest absolute Gasteiger partial charge is 0.380 e. The van der Waals surface area contributed by atoms with Crippen LogP contribution in [0.2, 0.25) is 0 Å². The number of carbonyl (C=O) groups is 1. The summed E-state index contributed by atoms with van der Waals surface area (Å²) in [6.07, 6.45) is 2.16. The highest BCUT2D eigenvalue weighted by molar-refractivity contribution is 5.92. The fraction of sp³-hybridized carbons (Fsp3) is 0.500. The van der Waals surface area contributed by atoms with Gasteiger partial charge in [0.25, 0.3) is 0 Å². The molecule has 1 aromatic carbocycles. The zero-order valence-electron chi connectivity index (χ0n) is 11.2. The van der Waals surface area contributed by atoms with Crippen molar-refractivity contribution in [2.24, 2.45) is 0 Å². The van der Waals surface area contributed by atoms with Gasteiger partial charge in [0.05, 0.1) is 18.8 Å². The third kappa shape index (κ3) is 6.88. The first-order chi connectivity index (χ1) is 9.24. The Hall–Kier alpha value is -1.46. The summed E-state index contributed by atoms with van der Waals surface area (Å²) in [7, 11) is 0. The third-order valence-corrected chi connectivity index (χ3v) is 2.50. The molecule has 1 aromatic rings. The normalized spacial score (nSPS) is 10.4. The van der Waals surface area contributed by atoms with Crippen molar-refractivity contribution in [2.75, 3.05) is 31.6 Å². The molecule has 0 fully saturated rings. The fourth-order valence-electron chi connectivity index (χ4n) is 1.45. The number of nitrogens with one attached hydrogen (secondary N) is 2. The second-order valence-corrected chi connectivity index (χ2v) is 4.17. The lowest BCUT2D eigenvalue weighted by molar-refractivity contribution is -0.115. The summed E-state index contributed by atoms with van der Waals surface area (Å²) >= 11 is 0. The Morgan fingerprint density at radius 2 is 2.11 bits per heavy atom. The number of unbranched alkanes of at least 4 members (excludes halogenated alkanes) is 1. The fourth-order valence-corrected chi connectivity index (χ4v) is 1.45. The lowest BCUT2D eigenvalue weighted by Gasteiger charge is -2.07. The number of ether oxygens (including phenoxy) is 1. The van der Waals surface area contributed by atoms with Crippen LogP contribution in [0.4, 0.5) is 10.1 Å². The quantitative estimate of drug-likeness (QED) is 0.675. The zero-order valence-corrected chi connectivity index (χ0v) is 11.2. The van der Waals surface area contributed by atoms with Crippen LogP contribution in [0.15, 0.2) is 24.3 Å². The van der Waals surface area contributed by atoms with E-state index in [9.17, 15) is 9.18 Å². The molecule has 0 saturated heterocycles. The standard InChI is InChI=1S/C14H21FN2O2/c1-2-3-9-19-10-8-16-11-14(18)17-13-7-5-4-6-12(13)15/h4-7,16H,2-3,8-11H2,1H3,(H,17,18). The molecule has 4 nitrogen and oxygen atoms in total. The Bertz CT molecular complexity index is 385. The number of anilines is 1. The summed E-state index contributed by atoms with van der Waals surface area (Å²) < 4.78 is 18.6. The van der Waals surface area contributed by atoms with E-state index in [2.05, 4.69) is 17.6 Å². The second kappa shape index (κ2) is 9.47. The maximum absolute atomic E-state index is 13.3. The van der Waals surface area contributed by atoms with Gasteiger partial charge in [0.1, 0.15) is 5.82 Å². The van der Waals surface area contributed by atoms with Crippen molar-refractivity contribution in [3.63, 3.8) is 0 Å². The van der Waals surface area contributed by atoms with Crippen molar-refractivity contribution in [1.29, 1.82) is 0 Å². The van der Waals surface area contributed by atoms with Crippen molar-refractivity contribution < 1.29 is 13.9 Å². The highest BCUT2D eigenvalue weighted by Gasteiger charge is 2.05. The third-order valence-electron chi connectivity index (χ3n) is 2.50. The highest BCUT2D eigenvalue weighted by atomic mass is 19.1. The number of benzene rings is 1. The summed E-state index contributed by atoms with van der Waals surface area (Å²) in [6.45, 7) is 4.18. The van der Waals surface area contributed by atoms with Crippen molar-refractivity contribution in [3.8, 4) is 0 Å². The molecule has 0 saturated carbocycles. The minimum Gasteiger partial charge on any atom is -0.380 e. The molecular weight excluding hydrogens is 247 g/mol. The van der Waals surface area contributed by atoms with Gasteiger partial charge in [-0.15, -0.1) is 0 Å². The van der Waals surface area contributed by atoms with Gasteiger partial charge in [-0.1, -0.05) is 25.5 Å². The Balaban J connectivity index is 2.10. The van der Waals surface area contributed by atoms with Crippen LogP contribution in [0.25, 0.3) is 0 Å². The minimum absolute atomic E-state index is 0.144. The van der Waals surface area contributed by atoms with Crippen LogP contribution in [-0.4, -0.2) is 32.2 Å². The number of carbonyl (C=O) groups excluding carboxylic acids is 1. The van der Waals surface area contributed by atoms with Crippen LogP contribution in [0.3, 0.4) is 0 Å². The van der Waals surface area contributed by atoms with E-state index in [4.69, 9.17) is 4.74 Å². The summed E-state index contributed by atoms with van der Waals surface area (Å²) in [4.78, 5) is 11.5. The molecule has 1 rings (SSSR count). The van der Waals surface area contributed by atoms with E-state index in [-0.39, 0.29) is 18.1 Å². The molecule has 2 N–H and O–H groups in total. The van der Waals surface area contributed by atoms with E-state index >= 15 is 0 Å². The number of hydrogen-bond donors (Lipinski definition) is 2. The predicted molar refractivity (Wildman–Crippen MR) is 73.6 cm³/mol. The number of amides is 1. The number of halogens is 1. The monoisotopic (exact) mass is 268 g/mol. The van der Waals surface area contributed by atoms with Crippen molar-refractivity contribution in [2.45, 2.75) is 19.8 Å². The molecule has 106 valence electrons. The van der Waals surface area contributed by atoms with Crippen LogP contribution < -0.4 is 10.6 Å². The van der Waals surface area contributed by atoms with Gasteiger partial charge in [-0.3, -0.25) is 4.79 Å². The van der Waals surface area contributed by atoms with E-state index in [1.54, 1.807) is 12.1 Å². The van der Waals surface area contributed by atoms with Gasteiger partial charge in [0, 0.05) is 13.2 Å². The van der Waals surface area contributed by atoms with Crippen molar-refractivity contribution in [1.82, 2.24) is 5.32 Å². The molecule has 0 aliphatic carbocycles. The van der Waals surface area contributed by atoms with E-state index < -0.39 is 5.82 Å². The molecule has 0 aliphatic heterocycles. The second-order valence-electron chi connectivity index (χ2n) is 4.17. The molecule has 1 amide bonds. The Morgan fingerprint density at radius 3 is 2.84 bits per heavy atom. The van der Waals surface area contributed by atoms with E-state index in [0.29, 0.717) is 13.2 Å². The SMILES string of the molecule is CCCCOCCNCC(=O)Nc1ccccc1F. The topological polar surface area (TPSA) is 50.4 Å². The number of hydrogen-bond acceptors (Lipinski definition) is 3. The Morgan fingerprint density at radius 1 is 1.32 bits per heavy atom. The first-order valence-electron chi connectivity index (χ1n) is 6.57. The lowest BCUT2D eigenvalue weighted by atomic mass is 10.3. The summed E-state index contributed by atoms with van der Waals surface area (Å²) in [5.74, 6) is -0.697. The summed E-state index contributed by atoms with van der Waals surface area (Å²) in [5.41, 5.74) is 0.202. The van der Waals surface area contributed by atoms with Crippen LogP contribution in [0, 0.1) is 5.82 Å². The highest BCUT2D eigenvalue weighted by Crippen LogP contribution is 2.11. The van der Waals surface area contributed by atoms with Crippen LogP contribution in [-0.2, 0) is 9.53 Å². The summed E-state index contributed by atoms with van der Waals surface area (Å²) in [5, 5.41) is 5.45. The van der Waals surface area contributed by atoms with Gasteiger partial charge < -0.3 is 15.4 Å². The molecule has 0 spiro atoms. The van der Waals surface area contributed by atoms with Gasteiger partial charge in [-0.05, 0) is 18.6 Å². The zero-order chi connectivity index (χ0) is 13.9. The van der Waals surface area contributed by atoms with Crippen molar-refractivity contribution in [3.05, 3.63) is 30.1 Å². The molecule has 0 heterocycles. The average molecular weight is 268 g/mol. The first-order valence-corrected chi connectivity index (χ1v) is 6.57. The van der Waals surface area contributed by atoms with Crippen molar-refractivity contribution >= 4 is 11.6 Å². The van der Waals surface area contributed by atoms with E-state index in [1.807, 2.05) is 0 Å². The van der Waals surface area contributed by atoms with E-state index in [1.165, 1.54) is 12.1 Å². The molecule has 5 heteroatoms. The van der Waals surface area contributed by atoms with Gasteiger partial charge in [0.15, 0.2) is 0 Å². The first kappa shape index (κ1) is 15.6. The van der Waals surface area contributed by atoms with Crippen LogP contribution >= 0.6 is 0 Å². The molecule has 0 atom stereocenters. The van der Waals surface area contributed by atoms with Gasteiger partial charge in [0.2, 0.25) is 5.91 Å². The van der Waals surface area contributed by atoms with Gasteiger partial charge in [-0.2, -0.15) is 0 Å². The molecule has 0 radical (unpaired) electrons. The Labute approximate surface area is 113 Å². The maximum Gasteiger partial charge on any atom is 0.238 e. The van der Waals surface area contributed by atoms with Gasteiger partial charge in [-0.25, -0.2) is 4.39 Å². The summed E-state index contributed by atoms with van der Waals surface area (Å²) in [6, 6.07) is 6.09. The van der Waals surface area contributed by atoms with Crippen LogP contribution in [0.1, 0.15) is 19.8 Å². The van der Waals surface area contributed by atoms with Gasteiger partial charge >= 0.3 is 0 Å². The molecule has 0 unspecified atom stereocenters. The van der Waals surface area contributed by atoms with E-state index in [0.717, 1.165) is 19.4 Å². The number of para-hydroxylation sites is 1. The average Bonchev–Trinajstić information content (AvgIpc) is 2.40. The molecular formula is C14H21FN2O2. The molecule has 0 bridgehead atoms. The Kier molecular flexibility index (Phi) is 7.77. The smallest absolute Gasteiger partial charge is 0.238 e. The minimum atomic E-state index is -0.432. The van der Waals surface area contributed by atoms with Crippen LogP contribution in [0.5, 0.6) is 0 Å². The molecule has 19 heavy (non-hydrogen) atoms. The lowest BCUT2D eigenvalue weighted by Crippen LogP contribution is -2.30. The number of rotatable bonds is 9. The maximum atomic E-state index is 13.3.